The van der Waals surface area contributed by atoms with Gasteiger partial charge in [0, 0.05) is 5.92 Å². The standard InChI is InChI=1S/C16H23NO/c1-11-4-6-13(7-5-11)12(2)10-15(17-3)16(18)14-8-9-14/h4,6,10,14-15,17H,5,7-9H2,1-3H3/b12-10+. The van der Waals surface area contributed by atoms with E-state index < -0.39 is 0 Å². The first-order chi connectivity index (χ1) is 8.61. The molecule has 2 nitrogen and oxygen atoms in total. The van der Waals surface area contributed by atoms with Crippen LogP contribution in [0.5, 0.6) is 0 Å². The molecule has 1 fully saturated rings. The highest BCUT2D eigenvalue weighted by Crippen LogP contribution is 2.31. The van der Waals surface area contributed by atoms with Gasteiger partial charge in [0.05, 0.1) is 6.04 Å². The van der Waals surface area contributed by atoms with Gasteiger partial charge in [-0.3, -0.25) is 4.79 Å². The normalized spacial score (nSPS) is 22.3. The van der Waals surface area contributed by atoms with Crippen molar-refractivity contribution in [1.29, 1.82) is 0 Å². The van der Waals surface area contributed by atoms with E-state index in [1.54, 1.807) is 0 Å². The van der Waals surface area contributed by atoms with Crippen LogP contribution in [0.3, 0.4) is 0 Å². The molecule has 1 atom stereocenters. The molecular formula is C16H23NO. The minimum Gasteiger partial charge on any atom is -0.307 e. The van der Waals surface area contributed by atoms with Crippen LogP contribution in [0.2, 0.25) is 0 Å². The minimum atomic E-state index is -0.106. The Kier molecular flexibility index (Phi) is 4.18. The quantitative estimate of drug-likeness (QED) is 0.806. The molecule has 1 unspecified atom stereocenters. The van der Waals surface area contributed by atoms with Crippen molar-refractivity contribution >= 4 is 5.78 Å². The molecule has 18 heavy (non-hydrogen) atoms. The third-order valence-corrected chi connectivity index (χ3v) is 3.88. The lowest BCUT2D eigenvalue weighted by molar-refractivity contribution is -0.121. The number of hydrogen-bond acceptors (Lipinski definition) is 2. The largest absolute Gasteiger partial charge is 0.307 e. The number of ketones is 1. The number of likely N-dealkylation sites (N-methyl/N-ethyl adjacent to an activating group) is 1. The number of carbonyl (C=O) groups is 1. The van der Waals surface area contributed by atoms with E-state index in [2.05, 4.69) is 37.4 Å². The van der Waals surface area contributed by atoms with E-state index in [1.807, 2.05) is 7.05 Å². The van der Waals surface area contributed by atoms with E-state index in [1.165, 1.54) is 16.7 Å². The fraction of sp³-hybridized carbons (Fsp3) is 0.562. The van der Waals surface area contributed by atoms with Crippen molar-refractivity contribution in [2.45, 2.75) is 45.6 Å². The topological polar surface area (TPSA) is 29.1 Å². The molecule has 1 N–H and O–H groups in total. The summed E-state index contributed by atoms with van der Waals surface area (Å²) in [5, 5.41) is 3.13. The van der Waals surface area contributed by atoms with Crippen LogP contribution in [-0.4, -0.2) is 18.9 Å². The summed E-state index contributed by atoms with van der Waals surface area (Å²) in [5.74, 6) is 0.675. The van der Waals surface area contributed by atoms with Gasteiger partial charge in [-0.25, -0.2) is 0 Å². The number of rotatable bonds is 5. The van der Waals surface area contributed by atoms with Crippen LogP contribution in [-0.2, 0) is 4.79 Å². The second-order valence-corrected chi connectivity index (χ2v) is 5.50. The van der Waals surface area contributed by atoms with Crippen LogP contribution in [0.25, 0.3) is 0 Å². The number of hydrogen-bond donors (Lipinski definition) is 1. The molecule has 0 aromatic rings. The minimum absolute atomic E-state index is 0.106. The average Bonchev–Trinajstić information content (AvgIpc) is 3.20. The molecule has 2 aliphatic carbocycles. The Labute approximate surface area is 110 Å². The van der Waals surface area contributed by atoms with E-state index in [0.29, 0.717) is 11.7 Å². The molecule has 2 aliphatic rings. The highest BCUT2D eigenvalue weighted by atomic mass is 16.1. The van der Waals surface area contributed by atoms with Gasteiger partial charge in [0.25, 0.3) is 0 Å². The summed E-state index contributed by atoms with van der Waals surface area (Å²) in [5.41, 5.74) is 4.04. The van der Waals surface area contributed by atoms with Crippen molar-refractivity contribution < 1.29 is 4.79 Å². The summed E-state index contributed by atoms with van der Waals surface area (Å²) in [6, 6.07) is -0.106. The SMILES string of the molecule is CNC(/C=C(\C)C1=CC=C(C)CC1)C(=O)C1CC1. The average molecular weight is 245 g/mol. The Balaban J connectivity index is 2.08. The molecular weight excluding hydrogens is 222 g/mol. The predicted octanol–water partition coefficient (Wildman–Crippen LogP) is 3.17. The molecule has 0 aliphatic heterocycles. The first kappa shape index (κ1) is 13.3. The monoisotopic (exact) mass is 245 g/mol. The predicted molar refractivity (Wildman–Crippen MR) is 75.4 cm³/mol. The molecule has 0 aromatic heterocycles. The van der Waals surface area contributed by atoms with Crippen LogP contribution < -0.4 is 5.32 Å². The van der Waals surface area contributed by atoms with Crippen LogP contribution in [0.15, 0.2) is 34.9 Å². The highest BCUT2D eigenvalue weighted by Gasteiger charge is 2.33. The fourth-order valence-corrected chi connectivity index (χ4v) is 2.36. The Morgan fingerprint density at radius 2 is 2.11 bits per heavy atom. The molecule has 0 heterocycles. The Hall–Kier alpha value is -1.15. The Morgan fingerprint density at radius 1 is 1.39 bits per heavy atom. The lowest BCUT2D eigenvalue weighted by Crippen LogP contribution is -2.33. The first-order valence-electron chi connectivity index (χ1n) is 6.88. The molecule has 0 bridgehead atoms. The van der Waals surface area contributed by atoms with Crippen molar-refractivity contribution in [2.75, 3.05) is 7.05 Å². The maximum absolute atomic E-state index is 12.1. The van der Waals surface area contributed by atoms with Crippen molar-refractivity contribution in [2.24, 2.45) is 5.92 Å². The zero-order valence-corrected chi connectivity index (χ0v) is 11.6. The summed E-state index contributed by atoms with van der Waals surface area (Å²) in [4.78, 5) is 12.1. The summed E-state index contributed by atoms with van der Waals surface area (Å²) >= 11 is 0. The van der Waals surface area contributed by atoms with Crippen molar-refractivity contribution in [3.63, 3.8) is 0 Å². The van der Waals surface area contributed by atoms with E-state index in [0.717, 1.165) is 25.7 Å². The van der Waals surface area contributed by atoms with Crippen molar-refractivity contribution in [3.8, 4) is 0 Å². The molecule has 2 rings (SSSR count). The third-order valence-electron chi connectivity index (χ3n) is 3.88. The number of nitrogens with one attached hydrogen (secondary N) is 1. The van der Waals surface area contributed by atoms with E-state index in [-0.39, 0.29) is 6.04 Å². The van der Waals surface area contributed by atoms with E-state index in [9.17, 15) is 4.79 Å². The van der Waals surface area contributed by atoms with Crippen molar-refractivity contribution in [1.82, 2.24) is 5.32 Å². The zero-order chi connectivity index (χ0) is 13.1. The summed E-state index contributed by atoms with van der Waals surface area (Å²) in [6.45, 7) is 4.28. The van der Waals surface area contributed by atoms with Crippen LogP contribution in [0, 0.1) is 5.92 Å². The molecule has 0 aromatic carbocycles. The van der Waals surface area contributed by atoms with Gasteiger partial charge in [-0.15, -0.1) is 0 Å². The lowest BCUT2D eigenvalue weighted by atomic mass is 9.93. The second-order valence-electron chi connectivity index (χ2n) is 5.50. The first-order valence-corrected chi connectivity index (χ1v) is 6.88. The number of carbonyl (C=O) groups excluding carboxylic acids is 1. The molecule has 0 radical (unpaired) electrons. The van der Waals surface area contributed by atoms with Gasteiger partial charge in [-0.1, -0.05) is 23.8 Å². The van der Waals surface area contributed by atoms with Crippen LogP contribution >= 0.6 is 0 Å². The fourth-order valence-electron chi connectivity index (χ4n) is 2.36. The van der Waals surface area contributed by atoms with Gasteiger partial charge in [0.2, 0.25) is 0 Å². The highest BCUT2D eigenvalue weighted by molar-refractivity contribution is 5.90. The van der Waals surface area contributed by atoms with Gasteiger partial charge < -0.3 is 5.32 Å². The number of Topliss-reactive ketones (excluding diaryl/α,β-unsaturated/α-hetero) is 1. The van der Waals surface area contributed by atoms with Gasteiger partial charge in [0.1, 0.15) is 0 Å². The molecule has 1 saturated carbocycles. The van der Waals surface area contributed by atoms with Crippen molar-refractivity contribution in [3.05, 3.63) is 34.9 Å². The number of allylic oxidation sites excluding steroid dienone is 5. The van der Waals surface area contributed by atoms with Crippen LogP contribution in [0.1, 0.15) is 39.5 Å². The Morgan fingerprint density at radius 3 is 2.61 bits per heavy atom. The maximum atomic E-state index is 12.1. The summed E-state index contributed by atoms with van der Waals surface area (Å²) in [7, 11) is 1.87. The Bertz CT molecular complexity index is 424. The van der Waals surface area contributed by atoms with E-state index >= 15 is 0 Å². The molecule has 0 amide bonds. The van der Waals surface area contributed by atoms with Crippen LogP contribution in [0.4, 0.5) is 0 Å². The molecule has 0 saturated heterocycles. The maximum Gasteiger partial charge on any atom is 0.156 e. The molecule has 0 spiro atoms. The van der Waals surface area contributed by atoms with Gasteiger partial charge in [0.15, 0.2) is 5.78 Å². The van der Waals surface area contributed by atoms with Gasteiger partial charge >= 0.3 is 0 Å². The van der Waals surface area contributed by atoms with Gasteiger partial charge in [-0.05, 0) is 57.7 Å². The summed E-state index contributed by atoms with van der Waals surface area (Å²) in [6.07, 6.45) is 10.9. The molecule has 98 valence electrons. The second kappa shape index (κ2) is 5.66. The molecule has 2 heteroatoms. The zero-order valence-electron chi connectivity index (χ0n) is 11.6. The van der Waals surface area contributed by atoms with Gasteiger partial charge in [-0.2, -0.15) is 0 Å². The smallest absolute Gasteiger partial charge is 0.156 e. The van der Waals surface area contributed by atoms with E-state index in [4.69, 9.17) is 0 Å². The summed E-state index contributed by atoms with van der Waals surface area (Å²) < 4.78 is 0. The lowest BCUT2D eigenvalue weighted by Gasteiger charge is -2.16. The third kappa shape index (κ3) is 3.20.